The summed E-state index contributed by atoms with van der Waals surface area (Å²) >= 11 is 0. The van der Waals surface area contributed by atoms with E-state index in [1.807, 2.05) is 0 Å². The van der Waals surface area contributed by atoms with Gasteiger partial charge in [0.05, 0.1) is 0 Å². The van der Waals surface area contributed by atoms with Gasteiger partial charge in [-0.3, -0.25) is 9.59 Å². The molecule has 0 heterocycles. The van der Waals surface area contributed by atoms with Crippen LogP contribution in [0.15, 0.2) is 11.6 Å². The van der Waals surface area contributed by atoms with Gasteiger partial charge in [-0.15, -0.1) is 0 Å². The number of hydrogen-bond acceptors (Lipinski definition) is 5. The Morgan fingerprint density at radius 3 is 2.58 bits per heavy atom. The molecule has 0 N–H and O–H groups in total. The van der Waals surface area contributed by atoms with Crippen LogP contribution in [0.25, 0.3) is 0 Å². The lowest BCUT2D eigenvalue weighted by molar-refractivity contribution is -0.154. The van der Waals surface area contributed by atoms with E-state index in [0.717, 1.165) is 51.2 Å². The van der Waals surface area contributed by atoms with E-state index >= 15 is 0 Å². The third-order valence-corrected chi connectivity index (χ3v) is 9.55. The molecule has 172 valence electrons. The van der Waals surface area contributed by atoms with Crippen LogP contribution in [0.5, 0.6) is 0 Å². The number of carbonyl (C=O) groups excluding carboxylic acids is 3. The van der Waals surface area contributed by atoms with Crippen LogP contribution in [0.4, 0.5) is 0 Å². The van der Waals surface area contributed by atoms with Crippen LogP contribution in [-0.4, -0.2) is 30.4 Å². The van der Waals surface area contributed by atoms with Gasteiger partial charge in [0.2, 0.25) is 0 Å². The molecule has 3 saturated carbocycles. The predicted octanol–water partition coefficient (Wildman–Crippen LogP) is 5.02. The van der Waals surface area contributed by atoms with Crippen molar-refractivity contribution in [2.75, 3.05) is 0 Å². The van der Waals surface area contributed by atoms with E-state index in [0.29, 0.717) is 30.1 Å². The normalized spacial score (nSPS) is 42.3. The van der Waals surface area contributed by atoms with Crippen molar-refractivity contribution in [3.8, 4) is 0 Å². The highest BCUT2D eigenvalue weighted by Gasteiger charge is 2.60. The zero-order chi connectivity index (χ0) is 22.4. The summed E-state index contributed by atoms with van der Waals surface area (Å²) in [4.78, 5) is 34.9. The molecule has 3 fully saturated rings. The monoisotopic (exact) mass is 430 g/mol. The summed E-state index contributed by atoms with van der Waals surface area (Å²) in [5, 5.41) is 0. The summed E-state index contributed by atoms with van der Waals surface area (Å²) in [5.41, 5.74) is 1.51. The summed E-state index contributed by atoms with van der Waals surface area (Å²) < 4.78 is 11.2. The summed E-state index contributed by atoms with van der Waals surface area (Å²) in [6.45, 7) is 7.47. The van der Waals surface area contributed by atoms with Crippen molar-refractivity contribution >= 4 is 18.2 Å². The van der Waals surface area contributed by atoms with Crippen LogP contribution < -0.4 is 0 Å². The average molecular weight is 431 g/mol. The van der Waals surface area contributed by atoms with Gasteiger partial charge >= 0.3 is 11.9 Å². The lowest BCUT2D eigenvalue weighted by Gasteiger charge is -2.59. The van der Waals surface area contributed by atoms with Crippen LogP contribution >= 0.6 is 0 Å². The molecule has 0 amide bonds. The Morgan fingerprint density at radius 1 is 1.13 bits per heavy atom. The number of allylic oxidation sites excluding steroid dienone is 1. The largest absolute Gasteiger partial charge is 0.463 e. The van der Waals surface area contributed by atoms with E-state index in [9.17, 15) is 14.4 Å². The standard InChI is InChI=1S/C26H38O5/c1-16(30-17(2)28)22-7-8-23-21-6-5-19-15-20(31-18(3)29)9-12-26(19,13-14-27)24(21)10-11-25(22,23)4/h5,14,16,20-24H,6-13,15H2,1-4H3/t16?,20-,21-,22+,23-,24-,25+,26+/m0/s1. The Labute approximate surface area is 186 Å². The SMILES string of the molecule is CC(=O)OC(C)[C@H]1CC[C@H]2[C@@H]3CC=C4C[C@@H](OC(C)=O)CC[C@]4(CC=O)[C@H]3CC[C@]12C. The second-order valence-electron chi connectivity index (χ2n) is 10.9. The van der Waals surface area contributed by atoms with Gasteiger partial charge in [0, 0.05) is 38.0 Å². The highest BCUT2D eigenvalue weighted by molar-refractivity contribution is 5.66. The predicted molar refractivity (Wildman–Crippen MR) is 117 cm³/mol. The maximum Gasteiger partial charge on any atom is 0.302 e. The summed E-state index contributed by atoms with van der Waals surface area (Å²) in [5.74, 6) is 1.73. The number of aldehydes is 1. The van der Waals surface area contributed by atoms with Gasteiger partial charge < -0.3 is 14.3 Å². The smallest absolute Gasteiger partial charge is 0.302 e. The van der Waals surface area contributed by atoms with Crippen molar-refractivity contribution in [2.24, 2.45) is 34.5 Å². The zero-order valence-corrected chi connectivity index (χ0v) is 19.5. The van der Waals surface area contributed by atoms with E-state index in [4.69, 9.17) is 9.47 Å². The number of ether oxygens (including phenoxy) is 2. The van der Waals surface area contributed by atoms with Crippen LogP contribution in [0.2, 0.25) is 0 Å². The van der Waals surface area contributed by atoms with Gasteiger partial charge in [0.25, 0.3) is 0 Å². The second kappa shape index (κ2) is 8.37. The molecule has 0 spiro atoms. The minimum Gasteiger partial charge on any atom is -0.463 e. The van der Waals surface area contributed by atoms with Gasteiger partial charge in [0.1, 0.15) is 18.5 Å². The molecule has 5 heteroatoms. The fraction of sp³-hybridized carbons (Fsp3) is 0.808. The van der Waals surface area contributed by atoms with Crippen LogP contribution in [0, 0.1) is 34.5 Å². The molecule has 0 aliphatic heterocycles. The summed E-state index contributed by atoms with van der Waals surface area (Å²) in [6, 6.07) is 0. The van der Waals surface area contributed by atoms with Gasteiger partial charge in [0.15, 0.2) is 0 Å². The molecule has 0 bridgehead atoms. The molecule has 4 aliphatic rings. The number of rotatable bonds is 5. The van der Waals surface area contributed by atoms with Crippen LogP contribution in [-0.2, 0) is 23.9 Å². The molecule has 0 radical (unpaired) electrons. The highest BCUT2D eigenvalue weighted by atomic mass is 16.5. The number of fused-ring (bicyclic) bond motifs is 5. The van der Waals surface area contributed by atoms with Gasteiger partial charge in [-0.2, -0.15) is 0 Å². The molecule has 0 saturated heterocycles. The maximum absolute atomic E-state index is 11.8. The van der Waals surface area contributed by atoms with E-state index in [1.165, 1.54) is 25.8 Å². The Balaban J connectivity index is 1.60. The van der Waals surface area contributed by atoms with Crippen molar-refractivity contribution in [3.63, 3.8) is 0 Å². The fourth-order valence-electron chi connectivity index (χ4n) is 8.44. The summed E-state index contributed by atoms with van der Waals surface area (Å²) in [6.07, 6.45) is 12.2. The molecule has 31 heavy (non-hydrogen) atoms. The van der Waals surface area contributed by atoms with Crippen molar-refractivity contribution in [2.45, 2.75) is 97.7 Å². The van der Waals surface area contributed by atoms with Crippen molar-refractivity contribution in [1.82, 2.24) is 0 Å². The average Bonchev–Trinajstić information content (AvgIpc) is 3.05. The lowest BCUT2D eigenvalue weighted by atomic mass is 9.46. The van der Waals surface area contributed by atoms with Gasteiger partial charge in [-0.05, 0) is 75.0 Å². The molecule has 4 aliphatic carbocycles. The Morgan fingerprint density at radius 2 is 1.90 bits per heavy atom. The first-order chi connectivity index (χ1) is 14.7. The number of carbonyl (C=O) groups is 3. The zero-order valence-electron chi connectivity index (χ0n) is 19.5. The van der Waals surface area contributed by atoms with Crippen LogP contribution in [0.3, 0.4) is 0 Å². The molecule has 8 atom stereocenters. The molecule has 0 aromatic rings. The van der Waals surface area contributed by atoms with E-state index in [-0.39, 0.29) is 35.0 Å². The van der Waals surface area contributed by atoms with Gasteiger partial charge in [-0.25, -0.2) is 0 Å². The lowest BCUT2D eigenvalue weighted by Crippen LogP contribution is -2.52. The number of hydrogen-bond donors (Lipinski definition) is 0. The fourth-order valence-corrected chi connectivity index (χ4v) is 8.44. The minimum atomic E-state index is -0.213. The molecule has 0 aromatic carbocycles. The van der Waals surface area contributed by atoms with E-state index in [1.54, 1.807) is 0 Å². The molecule has 1 unspecified atom stereocenters. The van der Waals surface area contributed by atoms with Gasteiger partial charge in [-0.1, -0.05) is 18.6 Å². The van der Waals surface area contributed by atoms with Crippen molar-refractivity contribution < 1.29 is 23.9 Å². The molecule has 4 rings (SSSR count). The maximum atomic E-state index is 11.8. The Kier molecular flexibility index (Phi) is 6.08. The van der Waals surface area contributed by atoms with E-state index < -0.39 is 0 Å². The Hall–Kier alpha value is -1.65. The first-order valence-electron chi connectivity index (χ1n) is 12.2. The molecule has 5 nitrogen and oxygen atoms in total. The summed E-state index contributed by atoms with van der Waals surface area (Å²) in [7, 11) is 0. The number of esters is 2. The first-order valence-corrected chi connectivity index (χ1v) is 12.2. The first kappa shape index (κ1) is 22.5. The van der Waals surface area contributed by atoms with Crippen molar-refractivity contribution in [3.05, 3.63) is 11.6 Å². The third-order valence-electron chi connectivity index (χ3n) is 9.55. The quantitative estimate of drug-likeness (QED) is 0.348. The topological polar surface area (TPSA) is 69.7 Å². The second-order valence-corrected chi connectivity index (χ2v) is 10.9. The Bertz CT molecular complexity index is 772. The molecular formula is C26H38O5. The molecular weight excluding hydrogens is 392 g/mol. The molecule has 0 aromatic heterocycles. The minimum absolute atomic E-state index is 0.0400. The highest BCUT2D eigenvalue weighted by Crippen LogP contribution is 2.67. The van der Waals surface area contributed by atoms with Crippen LogP contribution in [0.1, 0.15) is 85.5 Å². The van der Waals surface area contributed by atoms with E-state index in [2.05, 4.69) is 19.9 Å². The van der Waals surface area contributed by atoms with Crippen molar-refractivity contribution in [1.29, 1.82) is 0 Å². The third kappa shape index (κ3) is 3.76.